The molecule has 0 radical (unpaired) electrons. The second kappa shape index (κ2) is 5.34. The summed E-state index contributed by atoms with van der Waals surface area (Å²) in [6.07, 6.45) is 0. The summed E-state index contributed by atoms with van der Waals surface area (Å²) in [6, 6.07) is 19.8. The Morgan fingerprint density at radius 3 is 2.44 bits per heavy atom. The second-order valence-electron chi connectivity index (χ2n) is 4.70. The summed E-state index contributed by atoms with van der Waals surface area (Å²) >= 11 is 0. The zero-order valence-corrected chi connectivity index (χ0v) is 10.4. The van der Waals surface area contributed by atoms with E-state index in [1.807, 2.05) is 0 Å². The molecule has 0 bridgehead atoms. The van der Waals surface area contributed by atoms with Crippen molar-refractivity contribution in [1.29, 1.82) is 0 Å². The van der Waals surface area contributed by atoms with Crippen molar-refractivity contribution in [1.82, 2.24) is 10.6 Å². The second-order valence-corrected chi connectivity index (χ2v) is 4.70. The number of hydrogen-bond donors (Lipinski definition) is 2. The minimum absolute atomic E-state index is 0.433. The lowest BCUT2D eigenvalue weighted by molar-refractivity contribution is 0.430. The molecule has 0 aliphatic carbocycles. The third-order valence-electron chi connectivity index (χ3n) is 3.44. The van der Waals surface area contributed by atoms with E-state index in [0.717, 1.165) is 19.6 Å². The molecule has 1 unspecified atom stereocenters. The quantitative estimate of drug-likeness (QED) is 0.840. The Morgan fingerprint density at radius 2 is 1.67 bits per heavy atom. The molecule has 2 nitrogen and oxygen atoms in total. The molecule has 18 heavy (non-hydrogen) atoms. The minimum atomic E-state index is 0.433. The van der Waals surface area contributed by atoms with Gasteiger partial charge in [0, 0.05) is 25.7 Å². The van der Waals surface area contributed by atoms with Crippen LogP contribution >= 0.6 is 0 Å². The third kappa shape index (κ3) is 2.45. The summed E-state index contributed by atoms with van der Waals surface area (Å²) in [5, 5.41) is 6.98. The van der Waals surface area contributed by atoms with Gasteiger partial charge in [-0.1, -0.05) is 48.5 Å². The van der Waals surface area contributed by atoms with Gasteiger partial charge in [0.25, 0.3) is 0 Å². The van der Waals surface area contributed by atoms with Crippen LogP contribution < -0.4 is 10.6 Å². The SMILES string of the molecule is c1ccc(-c2cccc(C3CNCCN3)c2)cc1. The predicted octanol–water partition coefficient (Wildman–Crippen LogP) is 2.59. The summed E-state index contributed by atoms with van der Waals surface area (Å²) in [5.74, 6) is 0. The van der Waals surface area contributed by atoms with Crippen LogP contribution in [0, 0.1) is 0 Å². The van der Waals surface area contributed by atoms with Crippen LogP contribution in [0.25, 0.3) is 11.1 Å². The molecular weight excluding hydrogens is 220 g/mol. The zero-order valence-electron chi connectivity index (χ0n) is 10.4. The van der Waals surface area contributed by atoms with E-state index in [9.17, 15) is 0 Å². The first-order valence-corrected chi connectivity index (χ1v) is 6.53. The van der Waals surface area contributed by atoms with Crippen molar-refractivity contribution < 1.29 is 0 Å². The van der Waals surface area contributed by atoms with E-state index in [4.69, 9.17) is 0 Å². The average molecular weight is 238 g/mol. The summed E-state index contributed by atoms with van der Waals surface area (Å²) in [7, 11) is 0. The lowest BCUT2D eigenvalue weighted by Crippen LogP contribution is -2.42. The first kappa shape index (κ1) is 11.5. The Labute approximate surface area is 108 Å². The highest BCUT2D eigenvalue weighted by Gasteiger charge is 2.14. The molecule has 1 fully saturated rings. The van der Waals surface area contributed by atoms with Gasteiger partial charge in [0.2, 0.25) is 0 Å². The lowest BCUT2D eigenvalue weighted by Gasteiger charge is -2.25. The van der Waals surface area contributed by atoms with Gasteiger partial charge in [-0.25, -0.2) is 0 Å². The van der Waals surface area contributed by atoms with Crippen molar-refractivity contribution in [3.05, 3.63) is 60.2 Å². The highest BCUT2D eigenvalue weighted by atomic mass is 15.1. The van der Waals surface area contributed by atoms with Crippen molar-refractivity contribution in [2.45, 2.75) is 6.04 Å². The number of benzene rings is 2. The molecule has 0 spiro atoms. The van der Waals surface area contributed by atoms with E-state index in [2.05, 4.69) is 65.2 Å². The van der Waals surface area contributed by atoms with Crippen LogP contribution in [0.1, 0.15) is 11.6 Å². The molecule has 1 aliphatic heterocycles. The first-order valence-electron chi connectivity index (χ1n) is 6.53. The van der Waals surface area contributed by atoms with Crippen molar-refractivity contribution in [3.63, 3.8) is 0 Å². The van der Waals surface area contributed by atoms with Gasteiger partial charge in [0.15, 0.2) is 0 Å². The third-order valence-corrected chi connectivity index (χ3v) is 3.44. The molecule has 1 aliphatic rings. The molecule has 1 heterocycles. The molecule has 1 saturated heterocycles. The van der Waals surface area contributed by atoms with E-state index in [1.54, 1.807) is 0 Å². The first-order chi connectivity index (χ1) is 8.93. The smallest absolute Gasteiger partial charge is 0.0447 e. The van der Waals surface area contributed by atoms with Crippen LogP contribution in [0.4, 0.5) is 0 Å². The fraction of sp³-hybridized carbons (Fsp3) is 0.250. The standard InChI is InChI=1S/C16H18N2/c1-2-5-13(6-3-1)14-7-4-8-15(11-14)16-12-17-9-10-18-16/h1-8,11,16-18H,9-10,12H2. The number of rotatable bonds is 2. The van der Waals surface area contributed by atoms with Crippen LogP contribution in [0.2, 0.25) is 0 Å². The number of hydrogen-bond acceptors (Lipinski definition) is 2. The Morgan fingerprint density at radius 1 is 0.833 bits per heavy atom. The maximum atomic E-state index is 3.55. The fourth-order valence-electron chi connectivity index (χ4n) is 2.45. The molecule has 0 amide bonds. The van der Waals surface area contributed by atoms with Crippen molar-refractivity contribution >= 4 is 0 Å². The molecule has 0 aromatic heterocycles. The summed E-state index contributed by atoms with van der Waals surface area (Å²) in [6.45, 7) is 3.12. The van der Waals surface area contributed by atoms with Gasteiger partial charge in [0.1, 0.15) is 0 Å². The van der Waals surface area contributed by atoms with Crippen molar-refractivity contribution in [3.8, 4) is 11.1 Å². The van der Waals surface area contributed by atoms with Crippen molar-refractivity contribution in [2.75, 3.05) is 19.6 Å². The van der Waals surface area contributed by atoms with E-state index in [1.165, 1.54) is 16.7 Å². The molecule has 3 rings (SSSR count). The van der Waals surface area contributed by atoms with Gasteiger partial charge in [-0.15, -0.1) is 0 Å². The van der Waals surface area contributed by atoms with Crippen LogP contribution in [-0.2, 0) is 0 Å². The monoisotopic (exact) mass is 238 g/mol. The topological polar surface area (TPSA) is 24.1 Å². The van der Waals surface area contributed by atoms with E-state index in [-0.39, 0.29) is 0 Å². The average Bonchev–Trinajstić information content (AvgIpc) is 2.49. The van der Waals surface area contributed by atoms with E-state index in [0.29, 0.717) is 6.04 Å². The number of piperazine rings is 1. The highest BCUT2D eigenvalue weighted by molar-refractivity contribution is 5.64. The lowest BCUT2D eigenvalue weighted by atomic mass is 9.99. The summed E-state index contributed by atoms with van der Waals surface area (Å²) < 4.78 is 0. The largest absolute Gasteiger partial charge is 0.314 e. The number of nitrogens with one attached hydrogen (secondary N) is 2. The normalized spacial score (nSPS) is 19.7. The molecule has 2 N–H and O–H groups in total. The van der Waals surface area contributed by atoms with Gasteiger partial charge in [-0.3, -0.25) is 0 Å². The molecule has 2 heteroatoms. The van der Waals surface area contributed by atoms with Gasteiger partial charge < -0.3 is 10.6 Å². The Kier molecular flexibility index (Phi) is 3.40. The highest BCUT2D eigenvalue weighted by Crippen LogP contribution is 2.23. The van der Waals surface area contributed by atoms with Gasteiger partial charge >= 0.3 is 0 Å². The van der Waals surface area contributed by atoms with Gasteiger partial charge in [0.05, 0.1) is 0 Å². The Bertz CT molecular complexity index is 502. The summed E-state index contributed by atoms with van der Waals surface area (Å²) in [4.78, 5) is 0. The summed E-state index contributed by atoms with van der Waals surface area (Å²) in [5.41, 5.74) is 3.94. The molecule has 92 valence electrons. The van der Waals surface area contributed by atoms with Crippen molar-refractivity contribution in [2.24, 2.45) is 0 Å². The van der Waals surface area contributed by atoms with Crippen LogP contribution in [0.5, 0.6) is 0 Å². The predicted molar refractivity (Wildman–Crippen MR) is 75.5 cm³/mol. The van der Waals surface area contributed by atoms with Crippen LogP contribution in [0.3, 0.4) is 0 Å². The van der Waals surface area contributed by atoms with Gasteiger partial charge in [-0.2, -0.15) is 0 Å². The Hall–Kier alpha value is -1.64. The van der Waals surface area contributed by atoms with E-state index >= 15 is 0 Å². The van der Waals surface area contributed by atoms with Crippen LogP contribution in [-0.4, -0.2) is 19.6 Å². The van der Waals surface area contributed by atoms with E-state index < -0.39 is 0 Å². The molecule has 0 saturated carbocycles. The van der Waals surface area contributed by atoms with Crippen LogP contribution in [0.15, 0.2) is 54.6 Å². The van der Waals surface area contributed by atoms with Gasteiger partial charge in [-0.05, 0) is 22.8 Å². The maximum absolute atomic E-state index is 3.55. The molecular formula is C16H18N2. The maximum Gasteiger partial charge on any atom is 0.0447 e. The Balaban J connectivity index is 1.89. The molecule has 2 aromatic carbocycles. The molecule has 1 atom stereocenters. The minimum Gasteiger partial charge on any atom is -0.314 e. The molecule has 2 aromatic rings. The zero-order chi connectivity index (χ0) is 12.2. The fourth-order valence-corrected chi connectivity index (χ4v) is 2.45.